The standard InChI is InChI=1S/C24H23F2N3O6/c1-4-19(30)28-13-7-8-34-11-14(13)27-18-6-5-12-9-17(35-24(12)29-18)23(31)20-21(25)15(32-2)10-16(33-3)22(20)26/h4-6,9-10,13-14H,1,7-8,11H2,2-3H3,(H,27,29)(H,28,30). The molecule has 1 fully saturated rings. The normalized spacial score (nSPS) is 17.6. The maximum Gasteiger partial charge on any atom is 0.243 e. The Labute approximate surface area is 199 Å². The van der Waals surface area contributed by atoms with E-state index in [0.29, 0.717) is 30.8 Å². The number of aromatic nitrogens is 1. The molecule has 11 heteroatoms. The van der Waals surface area contributed by atoms with E-state index in [9.17, 15) is 18.4 Å². The van der Waals surface area contributed by atoms with Crippen LogP contribution < -0.4 is 20.1 Å². The molecule has 1 aromatic carbocycles. The van der Waals surface area contributed by atoms with Crippen molar-refractivity contribution in [3.8, 4) is 11.5 Å². The Balaban J connectivity index is 1.62. The summed E-state index contributed by atoms with van der Waals surface area (Å²) >= 11 is 0. The summed E-state index contributed by atoms with van der Waals surface area (Å²) in [6.07, 6.45) is 1.79. The molecule has 0 saturated carbocycles. The molecule has 2 unspecified atom stereocenters. The van der Waals surface area contributed by atoms with E-state index < -0.39 is 23.0 Å². The molecule has 2 aromatic heterocycles. The molecule has 3 aromatic rings. The molecule has 1 aliphatic rings. The average molecular weight is 487 g/mol. The number of ketones is 1. The van der Waals surface area contributed by atoms with Crippen molar-refractivity contribution in [3.05, 3.63) is 59.9 Å². The minimum Gasteiger partial charge on any atom is -0.494 e. The van der Waals surface area contributed by atoms with Crippen molar-refractivity contribution in [1.29, 1.82) is 0 Å². The zero-order valence-electron chi connectivity index (χ0n) is 19.0. The van der Waals surface area contributed by atoms with Crippen LogP contribution in [-0.2, 0) is 9.53 Å². The monoisotopic (exact) mass is 487 g/mol. The van der Waals surface area contributed by atoms with E-state index in [0.717, 1.165) is 6.07 Å². The van der Waals surface area contributed by atoms with Crippen LogP contribution in [0.2, 0.25) is 0 Å². The van der Waals surface area contributed by atoms with E-state index in [1.807, 2.05) is 0 Å². The number of carbonyl (C=O) groups is 2. The second kappa shape index (κ2) is 10.1. The van der Waals surface area contributed by atoms with Crippen LogP contribution in [0, 0.1) is 11.6 Å². The molecule has 9 nitrogen and oxygen atoms in total. The Hall–Kier alpha value is -3.99. The van der Waals surface area contributed by atoms with E-state index >= 15 is 0 Å². The van der Waals surface area contributed by atoms with Crippen LogP contribution in [0.4, 0.5) is 14.6 Å². The number of hydrogen-bond acceptors (Lipinski definition) is 8. The number of hydrogen-bond donors (Lipinski definition) is 2. The Morgan fingerprint density at radius 3 is 2.51 bits per heavy atom. The van der Waals surface area contributed by atoms with Crippen LogP contribution in [0.1, 0.15) is 22.5 Å². The summed E-state index contributed by atoms with van der Waals surface area (Å²) in [5, 5.41) is 6.49. The molecule has 2 N–H and O–H groups in total. The first-order valence-electron chi connectivity index (χ1n) is 10.7. The maximum absolute atomic E-state index is 14.8. The number of pyridine rings is 1. The lowest BCUT2D eigenvalue weighted by molar-refractivity contribution is -0.117. The zero-order valence-corrected chi connectivity index (χ0v) is 19.0. The first-order valence-corrected chi connectivity index (χ1v) is 10.7. The number of benzene rings is 1. The molecule has 35 heavy (non-hydrogen) atoms. The minimum absolute atomic E-state index is 0.0810. The lowest BCUT2D eigenvalue weighted by Crippen LogP contribution is -2.52. The predicted octanol–water partition coefficient (Wildman–Crippen LogP) is 3.23. The number of furan rings is 1. The third-order valence-corrected chi connectivity index (χ3v) is 5.61. The third-order valence-electron chi connectivity index (χ3n) is 5.61. The Morgan fingerprint density at radius 1 is 1.14 bits per heavy atom. The number of ether oxygens (including phenoxy) is 3. The summed E-state index contributed by atoms with van der Waals surface area (Å²) < 4.78 is 50.4. The number of anilines is 1. The van der Waals surface area contributed by atoms with Crippen molar-refractivity contribution in [1.82, 2.24) is 10.3 Å². The molecule has 4 rings (SSSR count). The number of fused-ring (bicyclic) bond motifs is 1. The molecular weight excluding hydrogens is 464 g/mol. The van der Waals surface area contributed by atoms with Crippen molar-refractivity contribution in [2.45, 2.75) is 18.5 Å². The van der Waals surface area contributed by atoms with Crippen LogP contribution in [0.25, 0.3) is 11.1 Å². The molecule has 0 bridgehead atoms. The highest BCUT2D eigenvalue weighted by Gasteiger charge is 2.29. The second-order valence-corrected chi connectivity index (χ2v) is 7.75. The molecule has 0 spiro atoms. The number of rotatable bonds is 8. The number of methoxy groups -OCH3 is 2. The lowest BCUT2D eigenvalue weighted by atomic mass is 10.0. The lowest BCUT2D eigenvalue weighted by Gasteiger charge is -2.32. The fourth-order valence-corrected chi connectivity index (χ4v) is 3.80. The smallest absolute Gasteiger partial charge is 0.243 e. The third kappa shape index (κ3) is 4.80. The molecular formula is C24H23F2N3O6. The largest absolute Gasteiger partial charge is 0.494 e. The molecule has 3 heterocycles. The molecule has 1 saturated heterocycles. The van der Waals surface area contributed by atoms with Gasteiger partial charge >= 0.3 is 0 Å². The maximum atomic E-state index is 14.8. The summed E-state index contributed by atoms with van der Waals surface area (Å²) in [7, 11) is 2.38. The summed E-state index contributed by atoms with van der Waals surface area (Å²) in [6.45, 7) is 4.29. The van der Waals surface area contributed by atoms with Crippen molar-refractivity contribution < 1.29 is 37.0 Å². The summed E-state index contributed by atoms with van der Waals surface area (Å²) in [4.78, 5) is 29.1. The van der Waals surface area contributed by atoms with Crippen LogP contribution in [0.5, 0.6) is 11.5 Å². The van der Waals surface area contributed by atoms with Gasteiger partial charge in [-0.3, -0.25) is 9.59 Å². The van der Waals surface area contributed by atoms with Crippen LogP contribution in [0.15, 0.2) is 41.3 Å². The molecule has 184 valence electrons. The van der Waals surface area contributed by atoms with Crippen LogP contribution >= 0.6 is 0 Å². The van der Waals surface area contributed by atoms with Gasteiger partial charge in [0, 0.05) is 18.1 Å². The fourth-order valence-electron chi connectivity index (χ4n) is 3.80. The number of nitrogens with zero attached hydrogens (tertiary/aromatic N) is 1. The van der Waals surface area contributed by atoms with Crippen molar-refractivity contribution in [3.63, 3.8) is 0 Å². The van der Waals surface area contributed by atoms with Gasteiger partial charge in [0.1, 0.15) is 11.4 Å². The minimum atomic E-state index is -1.17. The van der Waals surface area contributed by atoms with Gasteiger partial charge in [-0.2, -0.15) is 4.98 Å². The highest BCUT2D eigenvalue weighted by atomic mass is 19.1. The van der Waals surface area contributed by atoms with Crippen molar-refractivity contribution in [2.24, 2.45) is 0 Å². The molecule has 1 amide bonds. The van der Waals surface area contributed by atoms with E-state index in [2.05, 4.69) is 22.2 Å². The Bertz CT molecular complexity index is 1260. The van der Waals surface area contributed by atoms with E-state index in [1.165, 1.54) is 26.4 Å². The van der Waals surface area contributed by atoms with Crippen molar-refractivity contribution >= 4 is 28.6 Å². The first kappa shape index (κ1) is 24.1. The Morgan fingerprint density at radius 2 is 1.86 bits per heavy atom. The molecule has 2 atom stereocenters. The van der Waals surface area contributed by atoms with E-state index in [4.69, 9.17) is 18.6 Å². The van der Waals surface area contributed by atoms with Gasteiger partial charge in [-0.05, 0) is 30.7 Å². The summed E-state index contributed by atoms with van der Waals surface area (Å²) in [5.41, 5.74) is -0.781. The SMILES string of the molecule is C=CC(=O)NC1CCOCC1Nc1ccc2cc(C(=O)c3c(F)c(OC)cc(OC)c3F)oc2n1. The highest BCUT2D eigenvalue weighted by molar-refractivity contribution is 6.09. The van der Waals surface area contributed by atoms with Gasteiger partial charge in [-0.25, -0.2) is 8.78 Å². The second-order valence-electron chi connectivity index (χ2n) is 7.75. The fraction of sp³-hybridized carbons (Fsp3) is 0.292. The van der Waals surface area contributed by atoms with Gasteiger partial charge in [0.2, 0.25) is 17.4 Å². The predicted molar refractivity (Wildman–Crippen MR) is 122 cm³/mol. The number of carbonyl (C=O) groups excluding carboxylic acids is 2. The van der Waals surface area contributed by atoms with Crippen LogP contribution in [-0.4, -0.2) is 56.2 Å². The molecule has 0 radical (unpaired) electrons. The number of amides is 1. The van der Waals surface area contributed by atoms with Gasteiger partial charge < -0.3 is 29.3 Å². The summed E-state index contributed by atoms with van der Waals surface area (Å²) in [5.74, 6) is -4.27. The van der Waals surface area contributed by atoms with Gasteiger partial charge in [0.05, 0.1) is 32.9 Å². The van der Waals surface area contributed by atoms with Gasteiger partial charge in [0.25, 0.3) is 0 Å². The van der Waals surface area contributed by atoms with Gasteiger partial charge in [0.15, 0.2) is 28.9 Å². The van der Waals surface area contributed by atoms with Crippen LogP contribution in [0.3, 0.4) is 0 Å². The number of halogens is 2. The van der Waals surface area contributed by atoms with Gasteiger partial charge in [-0.1, -0.05) is 6.58 Å². The van der Waals surface area contributed by atoms with Gasteiger partial charge in [-0.15, -0.1) is 0 Å². The van der Waals surface area contributed by atoms with E-state index in [1.54, 1.807) is 12.1 Å². The average Bonchev–Trinajstić information content (AvgIpc) is 3.29. The topological polar surface area (TPSA) is 112 Å². The quantitative estimate of drug-likeness (QED) is 0.368. The zero-order chi connectivity index (χ0) is 25.1. The van der Waals surface area contributed by atoms with Crippen molar-refractivity contribution in [2.75, 3.05) is 32.8 Å². The molecule has 0 aliphatic carbocycles. The highest BCUT2D eigenvalue weighted by Crippen LogP contribution is 2.33. The first-order chi connectivity index (χ1) is 16.9. The Kier molecular flexibility index (Phi) is 6.97. The number of nitrogens with one attached hydrogen (secondary N) is 2. The molecule has 1 aliphatic heterocycles. The summed E-state index contributed by atoms with van der Waals surface area (Å²) in [6, 6.07) is 5.17. The van der Waals surface area contributed by atoms with E-state index in [-0.39, 0.29) is 41.0 Å².